The minimum atomic E-state index is -1.28. The van der Waals surface area contributed by atoms with Crippen LogP contribution >= 0.6 is 0 Å². The van der Waals surface area contributed by atoms with Gasteiger partial charge >= 0.3 is 0 Å². The van der Waals surface area contributed by atoms with Crippen LogP contribution in [0, 0.1) is 0 Å². The first-order valence-electron chi connectivity index (χ1n) is 9.55. The summed E-state index contributed by atoms with van der Waals surface area (Å²) in [5.74, 6) is 0. The molecule has 1 aliphatic heterocycles. The highest BCUT2D eigenvalue weighted by molar-refractivity contribution is 5.94. The van der Waals surface area contributed by atoms with Crippen LogP contribution in [-0.2, 0) is 6.54 Å². The fraction of sp³-hybridized carbons (Fsp3) is 0.0400. The molecule has 1 heterocycles. The van der Waals surface area contributed by atoms with Gasteiger partial charge in [-0.05, 0) is 22.4 Å². The van der Waals surface area contributed by atoms with E-state index in [2.05, 4.69) is 41.8 Å². The number of hydrogen-bond acceptors (Lipinski definition) is 3. The summed E-state index contributed by atoms with van der Waals surface area (Å²) in [4.78, 5) is 0.867. The van der Waals surface area contributed by atoms with Gasteiger partial charge < -0.3 is 4.90 Å². The van der Waals surface area contributed by atoms with Gasteiger partial charge in [-0.15, -0.1) is 0 Å². The number of nitrogens with zero attached hydrogens (tertiary/aromatic N) is 2. The molecule has 0 amide bonds. The number of benzene rings is 4. The highest BCUT2D eigenvalue weighted by Crippen LogP contribution is 2.52. The zero-order valence-corrected chi connectivity index (χ0v) is 15.9. The number of rotatable bonds is 3. The van der Waals surface area contributed by atoms with Gasteiger partial charge in [-0.25, -0.2) is 0 Å². The molecule has 0 radical (unpaired) electrons. The van der Waals surface area contributed by atoms with E-state index < -0.39 is 4.81 Å². The molecule has 4 aromatic rings. The summed E-state index contributed by atoms with van der Waals surface area (Å²) in [6.45, 7) is 4.53. The highest BCUT2D eigenvalue weighted by Gasteiger charge is 2.44. The Hall–Kier alpha value is -3.44. The molecule has 5 rings (SSSR count). The summed E-state index contributed by atoms with van der Waals surface area (Å²) >= 11 is 0. The van der Waals surface area contributed by atoms with Crippen molar-refractivity contribution < 1.29 is 10.4 Å². The third-order valence-electron chi connectivity index (χ3n) is 5.59. The van der Waals surface area contributed by atoms with Crippen LogP contribution in [0.4, 0.5) is 22.7 Å². The molecule has 0 saturated heterocycles. The molecule has 0 saturated carbocycles. The molecule has 2 N–H and O–H groups in total. The summed E-state index contributed by atoms with van der Waals surface area (Å²) in [6, 6.07) is 27.5. The fourth-order valence-corrected chi connectivity index (χ4v) is 4.23. The molecule has 0 aliphatic carbocycles. The Morgan fingerprint density at radius 1 is 0.793 bits per heavy atom. The maximum absolute atomic E-state index is 11.0. The number of hydrogen-bond donors (Lipinski definition) is 2. The first-order valence-corrected chi connectivity index (χ1v) is 9.55. The Bertz CT molecular complexity index is 1240. The Morgan fingerprint density at radius 2 is 1.48 bits per heavy atom. The maximum Gasteiger partial charge on any atom is 0.229 e. The number of anilines is 2. The SMILES string of the molecule is C=Cc1cccc2c1N(Cc1cccc3ccccc13)c1ccccc1[N+]2(O)O. The fourth-order valence-electron chi connectivity index (χ4n) is 4.23. The molecule has 0 spiro atoms. The summed E-state index contributed by atoms with van der Waals surface area (Å²) < 4.78 is 0. The van der Waals surface area contributed by atoms with Crippen molar-refractivity contribution in [2.75, 3.05) is 4.90 Å². The predicted molar refractivity (Wildman–Crippen MR) is 118 cm³/mol. The van der Waals surface area contributed by atoms with Crippen LogP contribution in [0.15, 0.2) is 91.5 Å². The first-order chi connectivity index (χ1) is 14.1. The molecular formula is C25H21N2O2+. The van der Waals surface area contributed by atoms with Gasteiger partial charge in [0.25, 0.3) is 0 Å². The third kappa shape index (κ3) is 2.66. The van der Waals surface area contributed by atoms with E-state index in [-0.39, 0.29) is 0 Å². The van der Waals surface area contributed by atoms with Gasteiger partial charge in [0.15, 0.2) is 0 Å². The van der Waals surface area contributed by atoms with E-state index in [4.69, 9.17) is 0 Å². The summed E-state index contributed by atoms with van der Waals surface area (Å²) in [7, 11) is 0. The van der Waals surface area contributed by atoms with Crippen LogP contribution in [0.1, 0.15) is 11.1 Å². The number of para-hydroxylation sites is 3. The third-order valence-corrected chi connectivity index (χ3v) is 5.59. The lowest BCUT2D eigenvalue weighted by Crippen LogP contribution is -2.42. The molecule has 0 atom stereocenters. The molecule has 0 aromatic heterocycles. The first kappa shape index (κ1) is 17.6. The molecule has 0 unspecified atom stereocenters. The van der Waals surface area contributed by atoms with Crippen molar-refractivity contribution in [2.24, 2.45) is 0 Å². The minimum Gasteiger partial charge on any atom is -0.326 e. The summed E-state index contributed by atoms with van der Waals surface area (Å²) in [6.07, 6.45) is 1.75. The highest BCUT2D eigenvalue weighted by atomic mass is 16.8. The van der Waals surface area contributed by atoms with Crippen molar-refractivity contribution in [3.63, 3.8) is 0 Å². The Labute approximate surface area is 169 Å². The minimum absolute atomic E-state index is 0.404. The van der Waals surface area contributed by atoms with Gasteiger partial charge in [-0.2, -0.15) is 10.4 Å². The van der Waals surface area contributed by atoms with E-state index in [0.717, 1.165) is 16.9 Å². The molecule has 29 heavy (non-hydrogen) atoms. The topological polar surface area (TPSA) is 43.7 Å². The quantitative estimate of drug-likeness (QED) is 0.395. The smallest absolute Gasteiger partial charge is 0.229 e. The van der Waals surface area contributed by atoms with Crippen molar-refractivity contribution >= 4 is 39.6 Å². The van der Waals surface area contributed by atoms with Crippen molar-refractivity contribution in [3.05, 3.63) is 103 Å². The van der Waals surface area contributed by atoms with E-state index in [0.29, 0.717) is 17.9 Å². The van der Waals surface area contributed by atoms with E-state index in [9.17, 15) is 10.4 Å². The lowest BCUT2D eigenvalue weighted by molar-refractivity contribution is -0.245. The number of fused-ring (bicyclic) bond motifs is 3. The maximum atomic E-state index is 11.0. The molecule has 0 fully saturated rings. The largest absolute Gasteiger partial charge is 0.326 e. The molecule has 0 bridgehead atoms. The molecule has 4 aromatic carbocycles. The van der Waals surface area contributed by atoms with Gasteiger partial charge in [-0.3, -0.25) is 0 Å². The Morgan fingerprint density at radius 3 is 2.34 bits per heavy atom. The summed E-state index contributed by atoms with van der Waals surface area (Å²) in [5.41, 5.74) is 4.34. The summed E-state index contributed by atoms with van der Waals surface area (Å²) in [5, 5.41) is 24.3. The number of quaternary nitrogens is 1. The van der Waals surface area contributed by atoms with Crippen LogP contribution in [0.3, 0.4) is 0 Å². The van der Waals surface area contributed by atoms with Crippen LogP contribution < -0.4 is 9.71 Å². The van der Waals surface area contributed by atoms with Gasteiger partial charge in [0, 0.05) is 29.1 Å². The van der Waals surface area contributed by atoms with Crippen molar-refractivity contribution in [2.45, 2.75) is 6.54 Å². The van der Waals surface area contributed by atoms with E-state index >= 15 is 0 Å². The van der Waals surface area contributed by atoms with Crippen LogP contribution in [0.5, 0.6) is 0 Å². The second-order valence-electron chi connectivity index (χ2n) is 7.23. The zero-order chi connectivity index (χ0) is 20.0. The molecule has 1 aliphatic rings. The van der Waals surface area contributed by atoms with Crippen molar-refractivity contribution in [1.29, 1.82) is 0 Å². The van der Waals surface area contributed by atoms with Crippen LogP contribution in [-0.4, -0.2) is 10.4 Å². The van der Waals surface area contributed by atoms with E-state index in [1.54, 1.807) is 18.2 Å². The lowest BCUT2D eigenvalue weighted by atomic mass is 10.0. The van der Waals surface area contributed by atoms with Gasteiger partial charge in [0.2, 0.25) is 11.4 Å². The van der Waals surface area contributed by atoms with Crippen molar-refractivity contribution in [1.82, 2.24) is 4.81 Å². The average Bonchev–Trinajstić information content (AvgIpc) is 2.76. The standard InChI is InChI=1S/C25H21N2O2/c1-2-18-10-8-16-24-25(18)26(22-14-5-6-15-23(22)27(24,28)29)17-20-12-7-11-19-9-3-4-13-21(19)20/h2-16,28-29H,1,17H2/q+1. The molecule has 142 valence electrons. The second kappa shape index (κ2) is 6.57. The molecule has 4 nitrogen and oxygen atoms in total. The second-order valence-corrected chi connectivity index (χ2v) is 7.23. The van der Waals surface area contributed by atoms with Gasteiger partial charge in [-0.1, -0.05) is 79.4 Å². The molecular weight excluding hydrogens is 360 g/mol. The van der Waals surface area contributed by atoms with E-state index in [1.807, 2.05) is 42.5 Å². The van der Waals surface area contributed by atoms with E-state index in [1.165, 1.54) is 16.3 Å². The lowest BCUT2D eigenvalue weighted by Gasteiger charge is -2.37. The van der Waals surface area contributed by atoms with Gasteiger partial charge in [0.05, 0.1) is 0 Å². The molecule has 4 heteroatoms. The van der Waals surface area contributed by atoms with Gasteiger partial charge in [0.1, 0.15) is 11.4 Å². The van der Waals surface area contributed by atoms with Crippen molar-refractivity contribution in [3.8, 4) is 0 Å². The predicted octanol–water partition coefficient (Wildman–Crippen LogP) is 6.55. The average molecular weight is 381 g/mol. The Balaban J connectivity index is 1.76. The Kier molecular flexibility index (Phi) is 4.00. The van der Waals surface area contributed by atoms with Crippen LogP contribution in [0.2, 0.25) is 0 Å². The zero-order valence-electron chi connectivity index (χ0n) is 15.9. The monoisotopic (exact) mass is 381 g/mol. The van der Waals surface area contributed by atoms with Crippen LogP contribution in [0.25, 0.3) is 16.8 Å². The normalized spacial score (nSPS) is 14.3.